The SMILES string of the molecule is CCCCOC(C)CCNC=O. The number of amides is 1. The maximum atomic E-state index is 9.89. The molecule has 0 aromatic heterocycles. The average Bonchev–Trinajstić information content (AvgIpc) is 2.06. The van der Waals surface area contributed by atoms with E-state index in [0.717, 1.165) is 25.9 Å². The first-order valence-corrected chi connectivity index (χ1v) is 4.60. The minimum atomic E-state index is 0.254. The van der Waals surface area contributed by atoms with Crippen LogP contribution >= 0.6 is 0 Å². The van der Waals surface area contributed by atoms with Crippen molar-refractivity contribution in [3.8, 4) is 0 Å². The van der Waals surface area contributed by atoms with Crippen LogP contribution in [0.15, 0.2) is 0 Å². The third-order valence-corrected chi connectivity index (χ3v) is 1.68. The predicted molar refractivity (Wildman–Crippen MR) is 49.0 cm³/mol. The molecule has 0 aliphatic carbocycles. The van der Waals surface area contributed by atoms with Crippen molar-refractivity contribution in [1.29, 1.82) is 0 Å². The number of carbonyl (C=O) groups excluding carboxylic acids is 1. The van der Waals surface area contributed by atoms with Crippen LogP contribution in [0, 0.1) is 0 Å². The summed E-state index contributed by atoms with van der Waals surface area (Å²) in [6.07, 6.45) is 4.15. The summed E-state index contributed by atoms with van der Waals surface area (Å²) in [6.45, 7) is 5.71. The van der Waals surface area contributed by atoms with Crippen LogP contribution in [0.3, 0.4) is 0 Å². The molecule has 12 heavy (non-hydrogen) atoms. The Morgan fingerprint density at radius 1 is 1.58 bits per heavy atom. The van der Waals surface area contributed by atoms with Crippen molar-refractivity contribution < 1.29 is 9.53 Å². The Balaban J connectivity index is 3.09. The Labute approximate surface area is 74.5 Å². The molecule has 3 heteroatoms. The van der Waals surface area contributed by atoms with E-state index in [0.29, 0.717) is 6.54 Å². The summed E-state index contributed by atoms with van der Waals surface area (Å²) >= 11 is 0. The van der Waals surface area contributed by atoms with Gasteiger partial charge in [0.1, 0.15) is 0 Å². The maximum absolute atomic E-state index is 9.89. The Bertz CT molecular complexity index is 107. The number of ether oxygens (including phenoxy) is 1. The molecule has 0 radical (unpaired) electrons. The molecule has 0 saturated heterocycles. The molecule has 1 unspecified atom stereocenters. The standard InChI is InChI=1S/C9H19NO2/c1-3-4-7-12-9(2)5-6-10-8-11/h8-9H,3-7H2,1-2H3,(H,10,11). The third kappa shape index (κ3) is 7.54. The quantitative estimate of drug-likeness (QED) is 0.444. The van der Waals surface area contributed by atoms with Gasteiger partial charge in [-0.2, -0.15) is 0 Å². The van der Waals surface area contributed by atoms with Gasteiger partial charge in [-0.1, -0.05) is 13.3 Å². The second-order valence-electron chi connectivity index (χ2n) is 2.90. The zero-order valence-electron chi connectivity index (χ0n) is 8.01. The van der Waals surface area contributed by atoms with Gasteiger partial charge in [0, 0.05) is 13.2 Å². The summed E-state index contributed by atoms with van der Waals surface area (Å²) in [7, 11) is 0. The first-order valence-electron chi connectivity index (χ1n) is 4.60. The molecule has 0 heterocycles. The van der Waals surface area contributed by atoms with Crippen molar-refractivity contribution in [1.82, 2.24) is 5.32 Å². The van der Waals surface area contributed by atoms with E-state index in [-0.39, 0.29) is 6.10 Å². The van der Waals surface area contributed by atoms with Crippen molar-refractivity contribution in [3.05, 3.63) is 0 Å². The highest BCUT2D eigenvalue weighted by molar-refractivity contribution is 5.45. The Morgan fingerprint density at radius 3 is 2.92 bits per heavy atom. The summed E-state index contributed by atoms with van der Waals surface area (Å²) in [5, 5.41) is 2.61. The van der Waals surface area contributed by atoms with E-state index in [1.807, 2.05) is 6.92 Å². The fourth-order valence-corrected chi connectivity index (χ4v) is 0.858. The van der Waals surface area contributed by atoms with Crippen molar-refractivity contribution in [3.63, 3.8) is 0 Å². The first-order chi connectivity index (χ1) is 5.81. The topological polar surface area (TPSA) is 38.3 Å². The lowest BCUT2D eigenvalue weighted by Gasteiger charge is -2.11. The van der Waals surface area contributed by atoms with Gasteiger partial charge in [-0.25, -0.2) is 0 Å². The van der Waals surface area contributed by atoms with Crippen LogP contribution in [0.2, 0.25) is 0 Å². The molecular formula is C9H19NO2. The van der Waals surface area contributed by atoms with Crippen LogP contribution in [0.1, 0.15) is 33.1 Å². The molecule has 72 valence electrons. The zero-order chi connectivity index (χ0) is 9.23. The molecule has 0 aliphatic heterocycles. The second kappa shape index (κ2) is 8.53. The van der Waals surface area contributed by atoms with Gasteiger partial charge in [-0.05, 0) is 19.8 Å². The molecule has 0 rings (SSSR count). The van der Waals surface area contributed by atoms with Gasteiger partial charge >= 0.3 is 0 Å². The number of rotatable bonds is 8. The fraction of sp³-hybridized carbons (Fsp3) is 0.889. The molecule has 0 bridgehead atoms. The monoisotopic (exact) mass is 173 g/mol. The van der Waals surface area contributed by atoms with Crippen molar-refractivity contribution >= 4 is 6.41 Å². The molecular weight excluding hydrogens is 154 g/mol. The molecule has 0 aliphatic rings. The van der Waals surface area contributed by atoms with Crippen LogP contribution in [0.5, 0.6) is 0 Å². The molecule has 1 N–H and O–H groups in total. The van der Waals surface area contributed by atoms with Gasteiger partial charge in [0.25, 0.3) is 0 Å². The van der Waals surface area contributed by atoms with Crippen LogP contribution in [-0.4, -0.2) is 25.7 Å². The van der Waals surface area contributed by atoms with Gasteiger partial charge in [0.05, 0.1) is 6.10 Å². The van der Waals surface area contributed by atoms with Crippen LogP contribution in [0.25, 0.3) is 0 Å². The highest BCUT2D eigenvalue weighted by atomic mass is 16.5. The Hall–Kier alpha value is -0.570. The lowest BCUT2D eigenvalue weighted by atomic mass is 10.3. The van der Waals surface area contributed by atoms with Crippen LogP contribution in [0.4, 0.5) is 0 Å². The third-order valence-electron chi connectivity index (χ3n) is 1.68. The van der Waals surface area contributed by atoms with Crippen molar-refractivity contribution in [2.45, 2.75) is 39.2 Å². The lowest BCUT2D eigenvalue weighted by molar-refractivity contribution is -0.109. The van der Waals surface area contributed by atoms with Gasteiger partial charge in [0.15, 0.2) is 0 Å². The number of carbonyl (C=O) groups is 1. The number of unbranched alkanes of at least 4 members (excludes halogenated alkanes) is 1. The van der Waals surface area contributed by atoms with Gasteiger partial charge in [-0.3, -0.25) is 4.79 Å². The average molecular weight is 173 g/mol. The smallest absolute Gasteiger partial charge is 0.207 e. The highest BCUT2D eigenvalue weighted by Crippen LogP contribution is 1.98. The minimum absolute atomic E-state index is 0.254. The van der Waals surface area contributed by atoms with E-state index in [9.17, 15) is 4.79 Å². The lowest BCUT2D eigenvalue weighted by Crippen LogP contribution is -2.19. The molecule has 0 spiro atoms. The number of hydrogen-bond acceptors (Lipinski definition) is 2. The molecule has 3 nitrogen and oxygen atoms in total. The summed E-state index contributed by atoms with van der Waals surface area (Å²) in [5.74, 6) is 0. The normalized spacial score (nSPS) is 12.5. The first kappa shape index (κ1) is 11.4. The molecule has 0 saturated carbocycles. The van der Waals surface area contributed by atoms with Crippen molar-refractivity contribution in [2.75, 3.05) is 13.2 Å². The zero-order valence-corrected chi connectivity index (χ0v) is 8.01. The van der Waals surface area contributed by atoms with E-state index < -0.39 is 0 Å². The number of nitrogens with one attached hydrogen (secondary N) is 1. The summed E-state index contributed by atoms with van der Waals surface area (Å²) in [5.41, 5.74) is 0. The maximum Gasteiger partial charge on any atom is 0.207 e. The van der Waals surface area contributed by atoms with E-state index >= 15 is 0 Å². The molecule has 0 aromatic carbocycles. The predicted octanol–water partition coefficient (Wildman–Crippen LogP) is 1.33. The van der Waals surface area contributed by atoms with Gasteiger partial charge in [-0.15, -0.1) is 0 Å². The molecule has 1 amide bonds. The molecule has 0 fully saturated rings. The van der Waals surface area contributed by atoms with Gasteiger partial charge in [0.2, 0.25) is 6.41 Å². The molecule has 0 aromatic rings. The van der Waals surface area contributed by atoms with E-state index in [1.165, 1.54) is 6.42 Å². The molecule has 1 atom stereocenters. The van der Waals surface area contributed by atoms with Gasteiger partial charge < -0.3 is 10.1 Å². The summed E-state index contributed by atoms with van der Waals surface area (Å²) < 4.78 is 5.47. The highest BCUT2D eigenvalue weighted by Gasteiger charge is 1.99. The fourth-order valence-electron chi connectivity index (χ4n) is 0.858. The van der Waals surface area contributed by atoms with E-state index in [1.54, 1.807) is 0 Å². The minimum Gasteiger partial charge on any atom is -0.378 e. The van der Waals surface area contributed by atoms with Crippen LogP contribution < -0.4 is 5.32 Å². The Morgan fingerprint density at radius 2 is 2.33 bits per heavy atom. The van der Waals surface area contributed by atoms with Crippen molar-refractivity contribution in [2.24, 2.45) is 0 Å². The summed E-state index contributed by atoms with van der Waals surface area (Å²) in [4.78, 5) is 9.89. The Kier molecular flexibility index (Phi) is 8.12. The second-order valence-corrected chi connectivity index (χ2v) is 2.90. The van der Waals surface area contributed by atoms with Crippen LogP contribution in [-0.2, 0) is 9.53 Å². The number of hydrogen-bond donors (Lipinski definition) is 1. The van der Waals surface area contributed by atoms with E-state index in [4.69, 9.17) is 4.74 Å². The largest absolute Gasteiger partial charge is 0.378 e. The summed E-state index contributed by atoms with van der Waals surface area (Å²) in [6, 6.07) is 0. The van der Waals surface area contributed by atoms with E-state index in [2.05, 4.69) is 12.2 Å².